The van der Waals surface area contributed by atoms with Crippen molar-refractivity contribution in [3.63, 3.8) is 0 Å². The predicted octanol–water partition coefficient (Wildman–Crippen LogP) is 8.11. The van der Waals surface area contributed by atoms with Crippen LogP contribution in [0.3, 0.4) is 0 Å². The van der Waals surface area contributed by atoms with Gasteiger partial charge in [-0.05, 0) is 49.8 Å². The Morgan fingerprint density at radius 3 is 1.67 bits per heavy atom. The Morgan fingerprint density at radius 2 is 1.10 bits per heavy atom. The van der Waals surface area contributed by atoms with Crippen LogP contribution < -0.4 is 57.1 Å². The van der Waals surface area contributed by atoms with Crippen molar-refractivity contribution in [3.05, 3.63) is 66.5 Å². The van der Waals surface area contributed by atoms with Crippen LogP contribution in [0.2, 0.25) is 0 Å². The van der Waals surface area contributed by atoms with Gasteiger partial charge in [-0.15, -0.1) is 0 Å². The molecule has 0 saturated heterocycles. The predicted molar refractivity (Wildman–Crippen MR) is 226 cm³/mol. The van der Waals surface area contributed by atoms with E-state index in [2.05, 4.69) is 96.0 Å². The van der Waals surface area contributed by atoms with E-state index in [0.717, 1.165) is 19.6 Å². The molecule has 2 aromatic rings. The third-order valence-electron chi connectivity index (χ3n) is 10.1. The van der Waals surface area contributed by atoms with E-state index >= 15 is 0 Å². The molecule has 0 aliphatic carbocycles. The Labute approximate surface area is 367 Å². The van der Waals surface area contributed by atoms with Crippen molar-refractivity contribution in [1.29, 1.82) is 0 Å². The molecule has 0 atom stereocenters. The van der Waals surface area contributed by atoms with Gasteiger partial charge in [0.15, 0.2) is 11.4 Å². The summed E-state index contributed by atoms with van der Waals surface area (Å²) >= 11 is 5.70. The van der Waals surface area contributed by atoms with E-state index in [1.165, 1.54) is 173 Å². The average molecular weight is 994 g/mol. The maximum atomic E-state index is 2.60. The maximum absolute atomic E-state index is 2.60. The van der Waals surface area contributed by atoms with Gasteiger partial charge in [0, 0.05) is 45.0 Å². The molecule has 0 spiro atoms. The molecule has 3 nitrogen and oxygen atoms in total. The molecule has 1 aliphatic rings. The zero-order valence-electron chi connectivity index (χ0n) is 33.8. The summed E-state index contributed by atoms with van der Waals surface area (Å²) in [6, 6.07) is 0. The second-order valence-corrected chi connectivity index (χ2v) is 17.2. The SMILES string of the molecule is CCCCCCCCCN1C(C)=CS\C1=C/C=C(\C=C\c1scc(C)[n+]1CCCCCCCCC)c1scc(C)[n+]1CCCCCCCCC.[I-].[I-]. The fourth-order valence-corrected chi connectivity index (χ4v) is 9.76. The molecule has 8 heteroatoms. The van der Waals surface area contributed by atoms with Crippen molar-refractivity contribution >= 4 is 46.1 Å². The van der Waals surface area contributed by atoms with E-state index in [9.17, 15) is 0 Å². The zero-order valence-corrected chi connectivity index (χ0v) is 40.6. The van der Waals surface area contributed by atoms with Crippen molar-refractivity contribution in [2.45, 2.75) is 189 Å². The van der Waals surface area contributed by atoms with Crippen molar-refractivity contribution in [3.8, 4) is 0 Å². The number of thiazole rings is 2. The Hall–Kier alpha value is -0.170. The Bertz CT molecular complexity index is 1340. The third-order valence-corrected chi connectivity index (χ3v) is 13.4. The molecule has 0 radical (unpaired) electrons. The van der Waals surface area contributed by atoms with Gasteiger partial charge in [0.2, 0.25) is 0 Å². The second kappa shape index (κ2) is 31.0. The molecule has 3 rings (SSSR count). The summed E-state index contributed by atoms with van der Waals surface area (Å²) in [6.07, 6.45) is 38.0. The van der Waals surface area contributed by atoms with Crippen LogP contribution in [0.25, 0.3) is 11.6 Å². The molecule has 0 unspecified atom stereocenters. The number of halogens is 2. The minimum absolute atomic E-state index is 0. The number of unbranched alkanes of at least 4 members (excludes halogenated alkanes) is 18. The highest BCUT2D eigenvalue weighted by molar-refractivity contribution is 8.06. The standard InChI is InChI=1S/C44H73N3S3.2HI/c1-7-10-13-16-19-22-25-32-45-38(4)35-48-42(45)30-28-41(44-47(40(6)37-50-44)34-27-24-21-18-15-12-9-3)29-31-43-46(39(5)36-49-43)33-26-23-20-17-14-11-8-2;;/h28-31,35-37H,7-27,32-34H2,1-6H3;2*1H/q+2;;/p-2. The number of aromatic nitrogens is 2. The van der Waals surface area contributed by atoms with Crippen LogP contribution in [0.5, 0.6) is 0 Å². The Kier molecular flexibility index (Phi) is 29.7. The monoisotopic (exact) mass is 993 g/mol. The number of thioether (sulfide) groups is 1. The van der Waals surface area contributed by atoms with Crippen LogP contribution in [0, 0.1) is 13.8 Å². The molecule has 3 heterocycles. The van der Waals surface area contributed by atoms with E-state index in [0.29, 0.717) is 0 Å². The second-order valence-electron chi connectivity index (χ2n) is 14.6. The third kappa shape index (κ3) is 18.6. The molecule has 296 valence electrons. The first-order valence-electron chi connectivity index (χ1n) is 20.7. The van der Waals surface area contributed by atoms with Crippen molar-refractivity contribution in [2.24, 2.45) is 0 Å². The highest BCUT2D eigenvalue weighted by atomic mass is 127. The highest BCUT2D eigenvalue weighted by Gasteiger charge is 2.22. The molecule has 2 aromatic heterocycles. The lowest BCUT2D eigenvalue weighted by molar-refractivity contribution is -0.700. The summed E-state index contributed by atoms with van der Waals surface area (Å²) in [7, 11) is 0. The van der Waals surface area contributed by atoms with E-state index in [1.807, 2.05) is 34.4 Å². The smallest absolute Gasteiger partial charge is 0.269 e. The first kappa shape index (κ1) is 49.8. The normalized spacial score (nSPS) is 14.0. The fourth-order valence-electron chi connectivity index (χ4n) is 6.86. The van der Waals surface area contributed by atoms with Gasteiger partial charge >= 0.3 is 0 Å². The van der Waals surface area contributed by atoms with E-state index in [4.69, 9.17) is 0 Å². The van der Waals surface area contributed by atoms with Gasteiger partial charge in [-0.25, -0.2) is 0 Å². The van der Waals surface area contributed by atoms with Crippen molar-refractivity contribution in [2.75, 3.05) is 6.54 Å². The molecule has 0 fully saturated rings. The van der Waals surface area contributed by atoms with Crippen LogP contribution in [-0.2, 0) is 13.1 Å². The van der Waals surface area contributed by atoms with Gasteiger partial charge in [0.05, 0.1) is 21.4 Å². The summed E-state index contributed by atoms with van der Waals surface area (Å²) in [5.74, 6) is 0. The lowest BCUT2D eigenvalue weighted by Gasteiger charge is -2.21. The van der Waals surface area contributed by atoms with E-state index in [-0.39, 0.29) is 48.0 Å². The van der Waals surface area contributed by atoms with E-state index < -0.39 is 0 Å². The van der Waals surface area contributed by atoms with Gasteiger partial charge in [0.1, 0.15) is 13.1 Å². The summed E-state index contributed by atoms with van der Waals surface area (Å²) in [5, 5.41) is 11.2. The van der Waals surface area contributed by atoms with Crippen LogP contribution in [0.4, 0.5) is 0 Å². The topological polar surface area (TPSA) is 11.0 Å². The van der Waals surface area contributed by atoms with Gasteiger partial charge in [-0.3, -0.25) is 0 Å². The van der Waals surface area contributed by atoms with Gasteiger partial charge in [0.25, 0.3) is 10.0 Å². The summed E-state index contributed by atoms with van der Waals surface area (Å²) in [5.41, 5.74) is 5.49. The average Bonchev–Trinajstić information content (AvgIpc) is 3.78. The highest BCUT2D eigenvalue weighted by Crippen LogP contribution is 2.35. The van der Waals surface area contributed by atoms with Crippen molar-refractivity contribution < 1.29 is 57.1 Å². The molecule has 0 saturated carbocycles. The Balaban J connectivity index is 0.00000676. The first-order chi connectivity index (χ1) is 24.5. The largest absolute Gasteiger partial charge is 1.00 e. The molecular weight excluding hydrogens is 921 g/mol. The molecule has 0 amide bonds. The number of rotatable bonds is 28. The van der Waals surface area contributed by atoms with Crippen LogP contribution in [-0.4, -0.2) is 11.4 Å². The molecule has 1 aliphatic heterocycles. The summed E-state index contributed by atoms with van der Waals surface area (Å²) in [4.78, 5) is 2.56. The lowest BCUT2D eigenvalue weighted by Crippen LogP contribution is -3.00. The van der Waals surface area contributed by atoms with Gasteiger partial charge in [-0.2, -0.15) is 9.13 Å². The summed E-state index contributed by atoms with van der Waals surface area (Å²) in [6.45, 7) is 17.1. The molecule has 0 bridgehead atoms. The zero-order chi connectivity index (χ0) is 35.8. The first-order valence-corrected chi connectivity index (χ1v) is 23.3. The molecule has 0 N–H and O–H groups in total. The van der Waals surface area contributed by atoms with Gasteiger partial charge in [-0.1, -0.05) is 158 Å². The molecule has 52 heavy (non-hydrogen) atoms. The maximum Gasteiger partial charge on any atom is 0.269 e. The fraction of sp³-hybridized carbons (Fsp3) is 0.682. The number of allylic oxidation sites excluding steroid dienone is 5. The molecular formula is C44H73I2N3S3. The lowest BCUT2D eigenvalue weighted by atomic mass is 10.1. The Morgan fingerprint density at radius 1 is 0.615 bits per heavy atom. The van der Waals surface area contributed by atoms with Crippen LogP contribution >= 0.6 is 34.4 Å². The van der Waals surface area contributed by atoms with Crippen LogP contribution in [0.15, 0.2) is 45.1 Å². The number of hydrogen-bond acceptors (Lipinski definition) is 4. The minimum Gasteiger partial charge on any atom is -1.00 e. The molecule has 0 aromatic carbocycles. The number of hydrogen-bond donors (Lipinski definition) is 0. The number of nitrogens with zero attached hydrogens (tertiary/aromatic N) is 3. The van der Waals surface area contributed by atoms with Gasteiger partial charge < -0.3 is 52.9 Å². The summed E-state index contributed by atoms with van der Waals surface area (Å²) < 4.78 is 5.15. The number of aryl methyl sites for hydroxylation is 2. The quantitative estimate of drug-likeness (QED) is 0.0370. The minimum atomic E-state index is 0. The van der Waals surface area contributed by atoms with Crippen LogP contribution in [0.1, 0.15) is 184 Å². The van der Waals surface area contributed by atoms with Crippen molar-refractivity contribution in [1.82, 2.24) is 4.90 Å². The van der Waals surface area contributed by atoms with E-state index in [1.54, 1.807) is 0 Å².